The highest BCUT2D eigenvalue weighted by Gasteiger charge is 2.37. The molecule has 1 aliphatic carbocycles. The molecule has 0 aromatic heterocycles. The van der Waals surface area contributed by atoms with E-state index in [2.05, 4.69) is 40.8 Å². The Balaban J connectivity index is 2.62. The molecule has 1 atom stereocenters. The normalized spacial score (nSPS) is 23.1. The minimum Gasteiger partial charge on any atom is -0.413 e. The number of hydrogen-bond donors (Lipinski definition) is 1. The standard InChI is InChI=1S/C13H26O2Si/c1-10-7-8-12(14)11(10)9-15-16(5,6)13(2,3)4/h12,14H,7-9H2,1-6H3. The Kier molecular flexibility index (Phi) is 4.03. The zero-order chi connectivity index (χ0) is 12.6. The molecular formula is C13H26O2Si. The second kappa shape index (κ2) is 4.63. The zero-order valence-corrected chi connectivity index (χ0v) is 12.6. The second-order valence-electron chi connectivity index (χ2n) is 6.41. The van der Waals surface area contributed by atoms with Crippen molar-refractivity contribution in [1.29, 1.82) is 0 Å². The van der Waals surface area contributed by atoms with Crippen LogP contribution in [0.5, 0.6) is 0 Å². The minimum absolute atomic E-state index is 0.241. The average molecular weight is 242 g/mol. The Morgan fingerprint density at radius 1 is 1.38 bits per heavy atom. The molecular weight excluding hydrogens is 216 g/mol. The van der Waals surface area contributed by atoms with Crippen LogP contribution in [0.4, 0.5) is 0 Å². The van der Waals surface area contributed by atoms with Crippen LogP contribution >= 0.6 is 0 Å². The highest BCUT2D eigenvalue weighted by atomic mass is 28.4. The van der Waals surface area contributed by atoms with Crippen molar-refractivity contribution in [2.45, 2.75) is 64.8 Å². The van der Waals surface area contributed by atoms with Gasteiger partial charge in [0.2, 0.25) is 0 Å². The lowest BCUT2D eigenvalue weighted by Gasteiger charge is -2.36. The van der Waals surface area contributed by atoms with E-state index < -0.39 is 8.32 Å². The van der Waals surface area contributed by atoms with Crippen molar-refractivity contribution in [3.8, 4) is 0 Å². The summed E-state index contributed by atoms with van der Waals surface area (Å²) in [5.41, 5.74) is 2.45. The smallest absolute Gasteiger partial charge is 0.192 e. The van der Waals surface area contributed by atoms with Gasteiger partial charge in [-0.3, -0.25) is 0 Å². The average Bonchev–Trinajstić information content (AvgIpc) is 2.42. The van der Waals surface area contributed by atoms with Crippen molar-refractivity contribution >= 4 is 8.32 Å². The van der Waals surface area contributed by atoms with E-state index in [-0.39, 0.29) is 11.1 Å². The first-order valence-electron chi connectivity index (χ1n) is 6.16. The van der Waals surface area contributed by atoms with Gasteiger partial charge in [0.15, 0.2) is 8.32 Å². The summed E-state index contributed by atoms with van der Waals surface area (Å²) in [6.07, 6.45) is 1.64. The van der Waals surface area contributed by atoms with E-state index in [0.717, 1.165) is 18.4 Å². The fourth-order valence-electron chi connectivity index (χ4n) is 1.67. The minimum atomic E-state index is -1.68. The third kappa shape index (κ3) is 2.96. The Morgan fingerprint density at radius 3 is 2.31 bits per heavy atom. The first kappa shape index (κ1) is 13.9. The van der Waals surface area contributed by atoms with Gasteiger partial charge in [0, 0.05) is 0 Å². The Hall–Kier alpha value is -0.123. The van der Waals surface area contributed by atoms with Gasteiger partial charge < -0.3 is 9.53 Å². The summed E-state index contributed by atoms with van der Waals surface area (Å²) in [5.74, 6) is 0. The maximum atomic E-state index is 9.84. The van der Waals surface area contributed by atoms with Crippen molar-refractivity contribution < 1.29 is 9.53 Å². The van der Waals surface area contributed by atoms with Crippen LogP contribution in [0.3, 0.4) is 0 Å². The Bertz CT molecular complexity index is 287. The first-order chi connectivity index (χ1) is 7.15. The molecule has 0 saturated carbocycles. The molecule has 1 rings (SSSR count). The molecule has 0 fully saturated rings. The number of hydrogen-bond acceptors (Lipinski definition) is 2. The summed E-state index contributed by atoms with van der Waals surface area (Å²) in [6.45, 7) is 14.0. The number of rotatable bonds is 3. The third-order valence-corrected chi connectivity index (χ3v) is 8.62. The van der Waals surface area contributed by atoms with Crippen LogP contribution in [0.1, 0.15) is 40.5 Å². The molecule has 0 amide bonds. The fraction of sp³-hybridized carbons (Fsp3) is 0.846. The van der Waals surface area contributed by atoms with E-state index in [1.54, 1.807) is 0 Å². The summed E-state index contributed by atoms with van der Waals surface area (Å²) in [5, 5.41) is 10.1. The van der Waals surface area contributed by atoms with E-state index in [0.29, 0.717) is 6.61 Å². The number of allylic oxidation sites excluding steroid dienone is 1. The molecule has 16 heavy (non-hydrogen) atoms. The molecule has 0 aromatic carbocycles. The molecule has 1 aliphatic rings. The maximum absolute atomic E-state index is 9.84. The Morgan fingerprint density at radius 2 is 1.94 bits per heavy atom. The third-order valence-electron chi connectivity index (χ3n) is 4.14. The summed E-state index contributed by atoms with van der Waals surface area (Å²) in [7, 11) is -1.68. The molecule has 1 unspecified atom stereocenters. The van der Waals surface area contributed by atoms with E-state index in [9.17, 15) is 5.11 Å². The zero-order valence-electron chi connectivity index (χ0n) is 11.6. The molecule has 3 heteroatoms. The predicted molar refractivity (Wildman–Crippen MR) is 71.1 cm³/mol. The quantitative estimate of drug-likeness (QED) is 0.606. The lowest BCUT2D eigenvalue weighted by molar-refractivity contribution is 0.191. The molecule has 2 nitrogen and oxygen atoms in total. The van der Waals surface area contributed by atoms with Crippen molar-refractivity contribution in [1.82, 2.24) is 0 Å². The monoisotopic (exact) mass is 242 g/mol. The van der Waals surface area contributed by atoms with Crippen LogP contribution in [0, 0.1) is 0 Å². The summed E-state index contributed by atoms with van der Waals surface area (Å²) >= 11 is 0. The molecule has 0 spiro atoms. The van der Waals surface area contributed by atoms with Crippen LogP contribution in [-0.2, 0) is 4.43 Å². The lowest BCUT2D eigenvalue weighted by atomic mass is 10.2. The van der Waals surface area contributed by atoms with Crippen molar-refractivity contribution in [2.24, 2.45) is 0 Å². The SMILES string of the molecule is CC1=C(CO[Si](C)(C)C(C)(C)C)C(O)CC1. The number of aliphatic hydroxyl groups is 1. The molecule has 0 bridgehead atoms. The van der Waals surface area contributed by atoms with Gasteiger partial charge in [-0.05, 0) is 43.5 Å². The molecule has 0 radical (unpaired) electrons. The summed E-state index contributed by atoms with van der Waals surface area (Å²) in [6, 6.07) is 0. The molecule has 0 aromatic rings. The second-order valence-corrected chi connectivity index (χ2v) is 11.2. The predicted octanol–water partition coefficient (Wildman–Crippen LogP) is 3.48. The summed E-state index contributed by atoms with van der Waals surface area (Å²) in [4.78, 5) is 0. The fourth-order valence-corrected chi connectivity index (χ4v) is 2.62. The maximum Gasteiger partial charge on any atom is 0.192 e. The van der Waals surface area contributed by atoms with Gasteiger partial charge in [-0.15, -0.1) is 0 Å². The van der Waals surface area contributed by atoms with Gasteiger partial charge in [-0.1, -0.05) is 26.3 Å². The van der Waals surface area contributed by atoms with E-state index in [1.807, 2.05) is 0 Å². The highest BCUT2D eigenvalue weighted by molar-refractivity contribution is 6.74. The van der Waals surface area contributed by atoms with Crippen LogP contribution < -0.4 is 0 Å². The van der Waals surface area contributed by atoms with E-state index in [4.69, 9.17) is 4.43 Å². The van der Waals surface area contributed by atoms with Crippen LogP contribution in [0.15, 0.2) is 11.1 Å². The molecule has 0 aliphatic heterocycles. The first-order valence-corrected chi connectivity index (χ1v) is 9.06. The van der Waals surface area contributed by atoms with Gasteiger partial charge in [-0.2, -0.15) is 0 Å². The van der Waals surface area contributed by atoms with Crippen LogP contribution in [0.2, 0.25) is 18.1 Å². The van der Waals surface area contributed by atoms with Crippen LogP contribution in [0.25, 0.3) is 0 Å². The van der Waals surface area contributed by atoms with E-state index in [1.165, 1.54) is 5.57 Å². The lowest BCUT2D eigenvalue weighted by Crippen LogP contribution is -2.41. The van der Waals surface area contributed by atoms with Crippen molar-refractivity contribution in [3.63, 3.8) is 0 Å². The van der Waals surface area contributed by atoms with Gasteiger partial charge in [-0.25, -0.2) is 0 Å². The summed E-state index contributed by atoms with van der Waals surface area (Å²) < 4.78 is 6.14. The highest BCUT2D eigenvalue weighted by Crippen LogP contribution is 2.37. The van der Waals surface area contributed by atoms with Crippen molar-refractivity contribution in [3.05, 3.63) is 11.1 Å². The van der Waals surface area contributed by atoms with Crippen LogP contribution in [-0.4, -0.2) is 26.1 Å². The van der Waals surface area contributed by atoms with Gasteiger partial charge in [0.05, 0.1) is 12.7 Å². The van der Waals surface area contributed by atoms with Gasteiger partial charge in [0.25, 0.3) is 0 Å². The Labute approximate surface area is 101 Å². The molecule has 0 saturated heterocycles. The van der Waals surface area contributed by atoms with Gasteiger partial charge >= 0.3 is 0 Å². The molecule has 1 N–H and O–H groups in total. The largest absolute Gasteiger partial charge is 0.413 e. The topological polar surface area (TPSA) is 29.5 Å². The molecule has 94 valence electrons. The number of aliphatic hydroxyl groups excluding tert-OH is 1. The van der Waals surface area contributed by atoms with Gasteiger partial charge in [0.1, 0.15) is 0 Å². The van der Waals surface area contributed by atoms with E-state index >= 15 is 0 Å². The van der Waals surface area contributed by atoms with Crippen molar-refractivity contribution in [2.75, 3.05) is 6.61 Å². The molecule has 0 heterocycles.